The van der Waals surface area contributed by atoms with Gasteiger partial charge in [0, 0.05) is 18.3 Å². The predicted molar refractivity (Wildman–Crippen MR) is 94.7 cm³/mol. The van der Waals surface area contributed by atoms with E-state index in [9.17, 15) is 35.7 Å². The topological polar surface area (TPSA) is 151 Å². The van der Waals surface area contributed by atoms with Gasteiger partial charge in [0.05, 0.1) is 11.0 Å². The molecule has 0 aromatic heterocycles. The van der Waals surface area contributed by atoms with Gasteiger partial charge in [0.2, 0.25) is 0 Å². The third-order valence-corrected chi connectivity index (χ3v) is 10.4. The Labute approximate surface area is 163 Å². The van der Waals surface area contributed by atoms with Gasteiger partial charge in [0.25, 0.3) is 0 Å². The second-order valence-corrected chi connectivity index (χ2v) is 11.3. The van der Waals surface area contributed by atoms with E-state index in [-0.39, 0.29) is 12.8 Å². The number of aliphatic hydroxyl groups is 7. The molecule has 5 bridgehead atoms. The molecular weight excluding hydrogens is 368 g/mol. The van der Waals surface area contributed by atoms with Crippen molar-refractivity contribution in [1.82, 2.24) is 0 Å². The quantitative estimate of drug-likeness (QED) is 0.289. The van der Waals surface area contributed by atoms with Crippen molar-refractivity contribution < 1.29 is 40.5 Å². The first-order valence-electron chi connectivity index (χ1n) is 10.1. The highest BCUT2D eigenvalue weighted by molar-refractivity contribution is 5.49. The number of rotatable bonds is 1. The highest BCUT2D eigenvalue weighted by Crippen LogP contribution is 2.86. The number of hydrogen-bond donors (Lipinski definition) is 7. The van der Waals surface area contributed by atoms with Gasteiger partial charge in [0.15, 0.2) is 5.79 Å². The van der Waals surface area contributed by atoms with E-state index in [1.807, 2.05) is 0 Å². The minimum Gasteiger partial charge on any atom is -0.387 e. The van der Waals surface area contributed by atoms with Gasteiger partial charge < -0.3 is 40.5 Å². The molecule has 0 amide bonds. The Kier molecular flexibility index (Phi) is 2.95. The van der Waals surface area contributed by atoms with Crippen LogP contribution in [-0.2, 0) is 4.74 Å². The van der Waals surface area contributed by atoms with Crippen LogP contribution in [0.2, 0.25) is 0 Å². The van der Waals surface area contributed by atoms with Crippen molar-refractivity contribution >= 4 is 0 Å². The van der Waals surface area contributed by atoms with E-state index in [2.05, 4.69) is 0 Å². The Balaban J connectivity index is 1.93. The summed E-state index contributed by atoms with van der Waals surface area (Å²) in [7, 11) is 0. The number of fused-ring (bicyclic) bond motifs is 3. The van der Waals surface area contributed by atoms with Crippen molar-refractivity contribution in [2.45, 2.75) is 106 Å². The molecule has 8 heteroatoms. The SMILES string of the molecule is C[C@@H]1CC[C@@]2(O)[C@]1(O)[C@H]1OC3(O)C[C@@]2(C)[C@]2(O)C[C@](O)(C(C)(C)O)[C@@]3(C)[C@]12O. The van der Waals surface area contributed by atoms with Crippen molar-refractivity contribution in [3.63, 3.8) is 0 Å². The van der Waals surface area contributed by atoms with Gasteiger partial charge in [-0.1, -0.05) is 13.8 Å². The van der Waals surface area contributed by atoms with Crippen LogP contribution in [0.5, 0.6) is 0 Å². The third-order valence-electron chi connectivity index (χ3n) is 10.4. The lowest BCUT2D eigenvalue weighted by Gasteiger charge is -2.70. The molecule has 0 aromatic rings. The molecule has 0 radical (unpaired) electrons. The van der Waals surface area contributed by atoms with Crippen LogP contribution in [0.25, 0.3) is 0 Å². The smallest absolute Gasteiger partial charge is 0.178 e. The molecule has 4 aliphatic carbocycles. The molecule has 7 N–H and O–H groups in total. The van der Waals surface area contributed by atoms with Gasteiger partial charge in [-0.25, -0.2) is 0 Å². The molecule has 28 heavy (non-hydrogen) atoms. The molecule has 5 aliphatic rings. The summed E-state index contributed by atoms with van der Waals surface area (Å²) in [5.41, 5.74) is -15.7. The van der Waals surface area contributed by atoms with Crippen molar-refractivity contribution in [1.29, 1.82) is 0 Å². The Bertz CT molecular complexity index is 798. The highest BCUT2D eigenvalue weighted by Gasteiger charge is 3.02. The van der Waals surface area contributed by atoms with E-state index in [0.717, 1.165) is 0 Å². The average Bonchev–Trinajstić information content (AvgIpc) is 2.91. The van der Waals surface area contributed by atoms with Crippen LogP contribution in [0.3, 0.4) is 0 Å². The molecule has 5 rings (SSSR count). The van der Waals surface area contributed by atoms with Crippen LogP contribution in [0, 0.1) is 16.7 Å². The molecule has 0 spiro atoms. The number of ether oxygens (including phenoxy) is 1. The first kappa shape index (κ1) is 19.6. The molecule has 1 saturated heterocycles. The van der Waals surface area contributed by atoms with Gasteiger partial charge in [-0.2, -0.15) is 0 Å². The summed E-state index contributed by atoms with van der Waals surface area (Å²) in [5, 5.41) is 82.1. The summed E-state index contributed by atoms with van der Waals surface area (Å²) in [6, 6.07) is 0. The Morgan fingerprint density at radius 1 is 0.929 bits per heavy atom. The van der Waals surface area contributed by atoms with Crippen LogP contribution in [0.1, 0.15) is 60.3 Å². The van der Waals surface area contributed by atoms with Gasteiger partial charge in [-0.15, -0.1) is 0 Å². The minimum absolute atomic E-state index is 0.160. The fraction of sp³-hybridized carbons (Fsp3) is 1.00. The molecule has 160 valence electrons. The average molecular weight is 400 g/mol. The zero-order valence-corrected chi connectivity index (χ0v) is 17.0. The van der Waals surface area contributed by atoms with Crippen molar-refractivity contribution in [2.75, 3.05) is 0 Å². The fourth-order valence-corrected chi connectivity index (χ4v) is 8.54. The first-order valence-corrected chi connectivity index (χ1v) is 10.1. The normalized spacial score (nSPS) is 69.9. The van der Waals surface area contributed by atoms with E-state index in [0.29, 0.717) is 6.42 Å². The molecule has 8 nitrogen and oxygen atoms in total. The Hall–Kier alpha value is -0.320. The van der Waals surface area contributed by atoms with Crippen LogP contribution < -0.4 is 0 Å². The van der Waals surface area contributed by atoms with Gasteiger partial charge in [-0.3, -0.25) is 0 Å². The standard InChI is InChI=1S/C20H32O8/c1-10-6-7-15(22)13(4)8-18(25)14(5)16(23,12(2,3)21)9-17(13,24)20(14,27)11(28-18)19(10,15)26/h10-11,21-27H,6-9H2,1-5H3/t10-,11-,13-,14-,15+,16+,17-,18?,19-,20-/m1/s1. The maximum Gasteiger partial charge on any atom is 0.178 e. The van der Waals surface area contributed by atoms with E-state index >= 15 is 0 Å². The molecule has 1 aliphatic heterocycles. The summed E-state index contributed by atoms with van der Waals surface area (Å²) < 4.78 is 5.94. The largest absolute Gasteiger partial charge is 0.387 e. The lowest BCUT2D eigenvalue weighted by Crippen LogP contribution is -2.88. The molecule has 5 fully saturated rings. The van der Waals surface area contributed by atoms with Gasteiger partial charge in [0.1, 0.15) is 34.1 Å². The highest BCUT2D eigenvalue weighted by atomic mass is 16.7. The lowest BCUT2D eigenvalue weighted by atomic mass is 9.38. The van der Waals surface area contributed by atoms with Gasteiger partial charge >= 0.3 is 0 Å². The summed E-state index contributed by atoms with van der Waals surface area (Å²) in [4.78, 5) is 0. The van der Waals surface area contributed by atoms with Crippen molar-refractivity contribution in [3.05, 3.63) is 0 Å². The minimum atomic E-state index is -2.30. The van der Waals surface area contributed by atoms with E-state index in [4.69, 9.17) is 4.74 Å². The predicted octanol–water partition coefficient (Wildman–Crippen LogP) is -1.24. The Morgan fingerprint density at radius 2 is 1.50 bits per heavy atom. The summed E-state index contributed by atoms with van der Waals surface area (Å²) in [6.45, 7) is 7.38. The van der Waals surface area contributed by atoms with E-state index in [1.54, 1.807) is 6.92 Å². The van der Waals surface area contributed by atoms with Crippen LogP contribution in [0.15, 0.2) is 0 Å². The van der Waals surface area contributed by atoms with Crippen LogP contribution in [-0.4, -0.2) is 81.2 Å². The lowest BCUT2D eigenvalue weighted by molar-refractivity contribution is -0.384. The molecule has 4 saturated carbocycles. The molecule has 10 atom stereocenters. The zero-order valence-electron chi connectivity index (χ0n) is 17.0. The second-order valence-electron chi connectivity index (χ2n) is 11.3. The summed E-state index contributed by atoms with van der Waals surface area (Å²) in [5.74, 6) is -2.65. The van der Waals surface area contributed by atoms with Crippen molar-refractivity contribution in [3.8, 4) is 0 Å². The van der Waals surface area contributed by atoms with Gasteiger partial charge in [-0.05, 0) is 39.5 Å². The van der Waals surface area contributed by atoms with Crippen molar-refractivity contribution in [2.24, 2.45) is 16.7 Å². The monoisotopic (exact) mass is 400 g/mol. The zero-order chi connectivity index (χ0) is 21.2. The summed E-state index contributed by atoms with van der Waals surface area (Å²) in [6.07, 6.45) is -1.68. The molecule has 0 aromatic carbocycles. The van der Waals surface area contributed by atoms with E-state index < -0.39 is 68.7 Å². The van der Waals surface area contributed by atoms with Crippen LogP contribution >= 0.6 is 0 Å². The third kappa shape index (κ3) is 1.23. The Morgan fingerprint density at radius 3 is 2.04 bits per heavy atom. The van der Waals surface area contributed by atoms with Crippen LogP contribution in [0.4, 0.5) is 0 Å². The first-order chi connectivity index (χ1) is 12.4. The fourth-order valence-electron chi connectivity index (χ4n) is 8.54. The molecule has 1 unspecified atom stereocenters. The molecule has 1 heterocycles. The second kappa shape index (κ2) is 4.21. The summed E-state index contributed by atoms with van der Waals surface area (Å²) >= 11 is 0. The maximum absolute atomic E-state index is 12.1. The maximum atomic E-state index is 12.1. The number of hydrogen-bond acceptors (Lipinski definition) is 8. The molecular formula is C20H32O8. The van der Waals surface area contributed by atoms with E-state index in [1.165, 1.54) is 27.7 Å².